The van der Waals surface area contributed by atoms with Gasteiger partial charge in [-0.15, -0.1) is 0 Å². The second kappa shape index (κ2) is 11.4. The van der Waals surface area contributed by atoms with Gasteiger partial charge in [0, 0.05) is 0 Å². The summed E-state index contributed by atoms with van der Waals surface area (Å²) in [6, 6.07) is 0. The summed E-state index contributed by atoms with van der Waals surface area (Å²) in [4.78, 5) is 0. The van der Waals surface area contributed by atoms with Gasteiger partial charge in [-0.25, -0.2) is 0 Å². The Kier molecular flexibility index (Phi) is 21.6. The molecular formula is C11H30S. The summed E-state index contributed by atoms with van der Waals surface area (Å²) in [6.45, 7) is 4.73. The Morgan fingerprint density at radius 1 is 0.667 bits per heavy atom. The van der Waals surface area contributed by atoms with Gasteiger partial charge >= 0.3 is 0 Å². The summed E-state index contributed by atoms with van der Waals surface area (Å²) in [5, 5.41) is 0. The van der Waals surface area contributed by atoms with Crippen molar-refractivity contribution in [2.24, 2.45) is 11.8 Å². The van der Waals surface area contributed by atoms with Crippen molar-refractivity contribution in [3.8, 4) is 0 Å². The van der Waals surface area contributed by atoms with Crippen molar-refractivity contribution < 1.29 is 0 Å². The molecule has 1 aliphatic rings. The topological polar surface area (TPSA) is 0 Å². The molecular weight excluding hydrogens is 164 g/mol. The van der Waals surface area contributed by atoms with Crippen molar-refractivity contribution in [1.29, 1.82) is 0 Å². The van der Waals surface area contributed by atoms with Gasteiger partial charge in [0.1, 0.15) is 0 Å². The van der Waals surface area contributed by atoms with Gasteiger partial charge in [0.2, 0.25) is 0 Å². The zero-order valence-electron chi connectivity index (χ0n) is 6.48. The highest BCUT2D eigenvalue weighted by atomic mass is 32.1. The van der Waals surface area contributed by atoms with Gasteiger partial charge < -0.3 is 0 Å². The van der Waals surface area contributed by atoms with E-state index in [1.807, 2.05) is 0 Å². The molecule has 0 saturated heterocycles. The molecule has 1 aliphatic carbocycles. The van der Waals surface area contributed by atoms with Crippen molar-refractivity contribution >= 4 is 13.5 Å². The molecule has 0 aromatic rings. The van der Waals surface area contributed by atoms with Crippen LogP contribution in [0.4, 0.5) is 0 Å². The summed E-state index contributed by atoms with van der Waals surface area (Å²) < 4.78 is 0. The van der Waals surface area contributed by atoms with Crippen LogP contribution in [0, 0.1) is 11.8 Å². The average Bonchev–Trinajstić information content (AvgIpc) is 1.77. The molecule has 0 amide bonds. The Bertz CT molecular complexity index is 53.4. The lowest BCUT2D eigenvalue weighted by atomic mass is 9.84. The van der Waals surface area contributed by atoms with Crippen LogP contribution in [0.5, 0.6) is 0 Å². The normalized spacial score (nSPS) is 26.5. The van der Waals surface area contributed by atoms with Crippen LogP contribution in [-0.2, 0) is 0 Å². The monoisotopic (exact) mass is 194 g/mol. The predicted molar refractivity (Wildman–Crippen MR) is 67.4 cm³/mol. The molecule has 0 spiro atoms. The second-order valence-corrected chi connectivity index (χ2v) is 3.37. The van der Waals surface area contributed by atoms with Crippen LogP contribution in [0.15, 0.2) is 0 Å². The Morgan fingerprint density at radius 2 is 0.833 bits per heavy atom. The molecule has 0 unspecified atom stereocenters. The van der Waals surface area contributed by atoms with E-state index in [1.54, 1.807) is 0 Å². The molecule has 1 heteroatoms. The third-order valence-corrected chi connectivity index (χ3v) is 2.30. The molecule has 0 heterocycles. The van der Waals surface area contributed by atoms with Gasteiger partial charge in [0.05, 0.1) is 0 Å². The highest BCUT2D eigenvalue weighted by Gasteiger charge is 2.13. The van der Waals surface area contributed by atoms with Crippen LogP contribution in [0.3, 0.4) is 0 Å². The Balaban J connectivity index is -0.0000000800. The molecule has 0 nitrogen and oxygen atoms in total. The van der Waals surface area contributed by atoms with E-state index in [0.29, 0.717) is 0 Å². The van der Waals surface area contributed by atoms with Crippen LogP contribution >= 0.6 is 13.5 Å². The first-order chi connectivity index (χ1) is 3.79. The minimum Gasteiger partial charge on any atom is -0.197 e. The van der Waals surface area contributed by atoms with Gasteiger partial charge in [0.15, 0.2) is 0 Å². The van der Waals surface area contributed by atoms with Gasteiger partial charge in [-0.3, -0.25) is 0 Å². The summed E-state index contributed by atoms with van der Waals surface area (Å²) in [6.07, 6.45) is 5.89. The van der Waals surface area contributed by atoms with Crippen LogP contribution in [0.1, 0.15) is 61.8 Å². The standard InChI is InChI=1S/C8H16.3CH4.H2S/c1-7-3-5-8(2)6-4-7;;;;/h7-8H,3-6H2,1-2H3;3*1H4;1H2. The fourth-order valence-corrected chi connectivity index (χ4v) is 1.43. The molecule has 0 bridgehead atoms. The summed E-state index contributed by atoms with van der Waals surface area (Å²) >= 11 is 0. The van der Waals surface area contributed by atoms with Crippen molar-refractivity contribution in [2.75, 3.05) is 0 Å². The molecule has 1 fully saturated rings. The maximum atomic E-state index is 2.37. The Hall–Kier alpha value is 0.350. The smallest absolute Gasteiger partial charge is 0.0443 e. The highest BCUT2D eigenvalue weighted by molar-refractivity contribution is 7.59. The lowest BCUT2D eigenvalue weighted by Gasteiger charge is -2.22. The third kappa shape index (κ3) is 8.45. The fourth-order valence-electron chi connectivity index (χ4n) is 1.43. The van der Waals surface area contributed by atoms with E-state index in [9.17, 15) is 0 Å². The van der Waals surface area contributed by atoms with Gasteiger partial charge in [-0.05, 0) is 11.8 Å². The lowest BCUT2D eigenvalue weighted by molar-refractivity contribution is 0.308. The van der Waals surface area contributed by atoms with Crippen molar-refractivity contribution in [1.82, 2.24) is 0 Å². The number of hydrogen-bond acceptors (Lipinski definition) is 0. The SMILES string of the molecule is C.C.C.CC1CCC(C)CC1.S. The quantitative estimate of drug-likeness (QED) is 0.517. The molecule has 80 valence electrons. The third-order valence-electron chi connectivity index (χ3n) is 2.30. The summed E-state index contributed by atoms with van der Waals surface area (Å²) in [5.74, 6) is 2.04. The first-order valence-corrected chi connectivity index (χ1v) is 3.79. The molecule has 0 aromatic carbocycles. The van der Waals surface area contributed by atoms with Crippen molar-refractivity contribution in [3.63, 3.8) is 0 Å². The zero-order valence-corrected chi connectivity index (χ0v) is 7.48. The number of hydrogen-bond donors (Lipinski definition) is 0. The van der Waals surface area contributed by atoms with E-state index in [2.05, 4.69) is 13.8 Å². The molecule has 1 saturated carbocycles. The Morgan fingerprint density at radius 3 is 1.00 bits per heavy atom. The summed E-state index contributed by atoms with van der Waals surface area (Å²) in [5.41, 5.74) is 0. The van der Waals surface area contributed by atoms with E-state index < -0.39 is 0 Å². The maximum Gasteiger partial charge on any atom is -0.0443 e. The Labute approximate surface area is 87.6 Å². The fraction of sp³-hybridized carbons (Fsp3) is 1.00. The molecule has 0 aromatic heterocycles. The molecule has 12 heavy (non-hydrogen) atoms. The van der Waals surface area contributed by atoms with Gasteiger partial charge in [0.25, 0.3) is 0 Å². The van der Waals surface area contributed by atoms with E-state index in [1.165, 1.54) is 25.7 Å². The minimum atomic E-state index is 0. The minimum absolute atomic E-state index is 0. The van der Waals surface area contributed by atoms with E-state index >= 15 is 0 Å². The number of rotatable bonds is 0. The molecule has 0 atom stereocenters. The van der Waals surface area contributed by atoms with Crippen LogP contribution in [0.25, 0.3) is 0 Å². The van der Waals surface area contributed by atoms with Crippen LogP contribution in [0.2, 0.25) is 0 Å². The lowest BCUT2D eigenvalue weighted by Crippen LogP contribution is -2.08. The van der Waals surface area contributed by atoms with Crippen LogP contribution in [-0.4, -0.2) is 0 Å². The highest BCUT2D eigenvalue weighted by Crippen LogP contribution is 2.27. The van der Waals surface area contributed by atoms with Gasteiger partial charge in [-0.2, -0.15) is 13.5 Å². The van der Waals surface area contributed by atoms with E-state index in [4.69, 9.17) is 0 Å². The largest absolute Gasteiger partial charge is 0.197 e. The zero-order chi connectivity index (χ0) is 5.98. The summed E-state index contributed by atoms with van der Waals surface area (Å²) in [7, 11) is 0. The maximum absolute atomic E-state index is 2.37. The average molecular weight is 194 g/mol. The second-order valence-electron chi connectivity index (χ2n) is 3.37. The van der Waals surface area contributed by atoms with Crippen molar-refractivity contribution in [3.05, 3.63) is 0 Å². The molecule has 0 N–H and O–H groups in total. The first kappa shape index (κ1) is 22.8. The predicted octanol–water partition coefficient (Wildman–Crippen LogP) is 4.85. The molecule has 0 radical (unpaired) electrons. The van der Waals surface area contributed by atoms with Gasteiger partial charge in [-0.1, -0.05) is 61.8 Å². The molecule has 1 rings (SSSR count). The van der Waals surface area contributed by atoms with Crippen LogP contribution < -0.4 is 0 Å². The first-order valence-electron chi connectivity index (χ1n) is 3.79. The van der Waals surface area contributed by atoms with E-state index in [0.717, 1.165) is 11.8 Å². The molecule has 0 aliphatic heterocycles. The van der Waals surface area contributed by atoms with Crippen molar-refractivity contribution in [2.45, 2.75) is 61.8 Å². The van der Waals surface area contributed by atoms with E-state index in [-0.39, 0.29) is 35.8 Å².